The number of hydrogen-bond donors (Lipinski definition) is 0. The molecule has 0 atom stereocenters. The van der Waals surface area contributed by atoms with Gasteiger partial charge >= 0.3 is 0 Å². The van der Waals surface area contributed by atoms with Crippen molar-refractivity contribution in [1.82, 2.24) is 4.98 Å². The number of nitrogens with zero attached hydrogens (tertiary/aromatic N) is 1. The van der Waals surface area contributed by atoms with Crippen LogP contribution >= 0.6 is 15.9 Å². The fraction of sp³-hybridized carbons (Fsp3) is 0.128. The largest absolute Gasteiger partial charge is 0.255 e. The lowest BCUT2D eigenvalue weighted by Gasteiger charge is -2.38. The Kier molecular flexibility index (Phi) is 6.73. The number of fused-ring (bicyclic) bond motifs is 6. The average molecular weight is 695 g/mol. The van der Waals surface area contributed by atoms with Gasteiger partial charge in [-0.2, -0.15) is 0 Å². The monoisotopic (exact) mass is 693 g/mol. The molecule has 0 amide bonds. The molecule has 1 aromatic heterocycles. The number of hydrogen-bond acceptors (Lipinski definition) is 1. The second-order valence-corrected chi connectivity index (χ2v) is 15.4. The van der Waals surface area contributed by atoms with Crippen LogP contribution in [0.25, 0.3) is 22.3 Å². The fourth-order valence-corrected chi connectivity index (χ4v) is 9.10. The van der Waals surface area contributed by atoms with Gasteiger partial charge < -0.3 is 0 Å². The van der Waals surface area contributed by atoms with E-state index in [9.17, 15) is 0 Å². The van der Waals surface area contributed by atoms with Crippen LogP contribution in [0.15, 0.2) is 168 Å². The highest BCUT2D eigenvalue weighted by atomic mass is 79.9. The maximum Gasteiger partial charge on any atom is 0.0886 e. The third-order valence-electron chi connectivity index (χ3n) is 10.8. The molecule has 49 heavy (non-hydrogen) atoms. The SMILES string of the molecule is CC(C)(C)c1cc(C2(c3ccccc3)c3ccccc3-c3ccccc32)nc(C2(c3cccc(Br)c3)c3ccccc3-c3ccccc32)c1. The number of pyridine rings is 1. The van der Waals surface area contributed by atoms with Gasteiger partial charge in [0, 0.05) is 4.47 Å². The van der Waals surface area contributed by atoms with Gasteiger partial charge in [-0.05, 0) is 90.9 Å². The Hall–Kier alpha value is -5.05. The first kappa shape index (κ1) is 30.0. The minimum Gasteiger partial charge on any atom is -0.255 e. The number of halogens is 1. The van der Waals surface area contributed by atoms with Gasteiger partial charge in [-0.25, -0.2) is 0 Å². The summed E-state index contributed by atoms with van der Waals surface area (Å²) in [6.45, 7) is 6.97. The number of rotatable bonds is 4. The molecule has 0 bridgehead atoms. The minimum atomic E-state index is -0.636. The second-order valence-electron chi connectivity index (χ2n) is 14.4. The van der Waals surface area contributed by atoms with E-state index in [1.807, 2.05) is 0 Å². The Morgan fingerprint density at radius 2 is 0.816 bits per heavy atom. The molecule has 2 aliphatic rings. The highest BCUT2D eigenvalue weighted by Gasteiger charge is 2.51. The van der Waals surface area contributed by atoms with E-state index < -0.39 is 10.8 Å². The maximum atomic E-state index is 6.02. The van der Waals surface area contributed by atoms with Crippen LogP contribution in [-0.4, -0.2) is 4.98 Å². The van der Waals surface area contributed by atoms with Crippen LogP contribution < -0.4 is 0 Å². The van der Waals surface area contributed by atoms with Crippen molar-refractivity contribution in [3.05, 3.63) is 219 Å². The van der Waals surface area contributed by atoms with Crippen LogP contribution in [0.4, 0.5) is 0 Å². The van der Waals surface area contributed by atoms with Crippen molar-refractivity contribution in [3.63, 3.8) is 0 Å². The molecule has 0 aliphatic heterocycles. The molecule has 0 unspecified atom stereocenters. The van der Waals surface area contributed by atoms with Crippen molar-refractivity contribution >= 4 is 15.9 Å². The van der Waals surface area contributed by atoms with E-state index in [-0.39, 0.29) is 5.41 Å². The van der Waals surface area contributed by atoms with E-state index in [1.54, 1.807) is 0 Å². The third kappa shape index (κ3) is 4.20. The smallest absolute Gasteiger partial charge is 0.0886 e. The van der Waals surface area contributed by atoms with Gasteiger partial charge in [0.25, 0.3) is 0 Å². The summed E-state index contributed by atoms with van der Waals surface area (Å²) >= 11 is 3.86. The fourth-order valence-electron chi connectivity index (χ4n) is 8.70. The lowest BCUT2D eigenvalue weighted by atomic mass is 9.66. The van der Waals surface area contributed by atoms with Crippen molar-refractivity contribution < 1.29 is 0 Å². The molecular weight excluding hydrogens is 658 g/mol. The number of aromatic nitrogens is 1. The normalized spacial score (nSPS) is 14.9. The first-order valence-corrected chi connectivity index (χ1v) is 17.9. The van der Waals surface area contributed by atoms with E-state index in [0.29, 0.717) is 0 Å². The molecular formula is C47H36BrN. The van der Waals surface area contributed by atoms with Crippen molar-refractivity contribution in [2.45, 2.75) is 37.0 Å². The lowest BCUT2D eigenvalue weighted by molar-refractivity contribution is 0.577. The standard InChI is InChI=1S/C47H36BrN/c1-45(2,3)33-29-43(46(31-16-5-4-6-17-31)39-24-11-7-20-35(39)36-21-8-12-25-40(36)46)49-44(30-33)47(32-18-15-19-34(48)28-32)41-26-13-9-22-37(41)38-23-10-14-27-42(38)47/h4-30H,1-3H3. The van der Waals surface area contributed by atoms with Gasteiger partial charge in [-0.3, -0.25) is 4.98 Å². The van der Waals surface area contributed by atoms with Crippen LogP contribution in [0.1, 0.15) is 71.1 Å². The molecule has 236 valence electrons. The van der Waals surface area contributed by atoms with Crippen LogP contribution in [0.3, 0.4) is 0 Å². The number of benzene rings is 6. The summed E-state index contributed by atoms with van der Waals surface area (Å²) in [6.07, 6.45) is 0. The summed E-state index contributed by atoms with van der Waals surface area (Å²) in [7, 11) is 0. The van der Waals surface area contributed by atoms with Crippen molar-refractivity contribution in [2.24, 2.45) is 0 Å². The molecule has 0 spiro atoms. The molecule has 6 aromatic carbocycles. The summed E-state index contributed by atoms with van der Waals surface area (Å²) in [5, 5.41) is 0. The molecule has 0 saturated heterocycles. The molecule has 0 radical (unpaired) electrons. The van der Waals surface area contributed by atoms with E-state index >= 15 is 0 Å². The topological polar surface area (TPSA) is 12.9 Å². The first-order valence-electron chi connectivity index (χ1n) is 17.1. The molecule has 2 aliphatic carbocycles. The highest BCUT2D eigenvalue weighted by molar-refractivity contribution is 9.10. The van der Waals surface area contributed by atoms with Gasteiger partial charge in [0.05, 0.1) is 22.2 Å². The second kappa shape index (κ2) is 11.0. The summed E-state index contributed by atoms with van der Waals surface area (Å²) in [5.74, 6) is 0. The van der Waals surface area contributed by atoms with Crippen molar-refractivity contribution in [2.75, 3.05) is 0 Å². The lowest BCUT2D eigenvalue weighted by Crippen LogP contribution is -2.35. The summed E-state index contributed by atoms with van der Waals surface area (Å²) < 4.78 is 1.05. The predicted molar refractivity (Wildman–Crippen MR) is 205 cm³/mol. The molecule has 0 saturated carbocycles. The Morgan fingerprint density at radius 3 is 1.24 bits per heavy atom. The van der Waals surface area contributed by atoms with Gasteiger partial charge in [0.2, 0.25) is 0 Å². The molecule has 9 rings (SSSR count). The Morgan fingerprint density at radius 1 is 0.429 bits per heavy atom. The van der Waals surface area contributed by atoms with Crippen molar-refractivity contribution in [3.8, 4) is 22.3 Å². The Balaban J connectivity index is 1.48. The quantitative estimate of drug-likeness (QED) is 0.179. The van der Waals surface area contributed by atoms with E-state index in [0.717, 1.165) is 15.9 Å². The Bertz CT molecular complexity index is 2310. The maximum absolute atomic E-state index is 6.02. The zero-order chi connectivity index (χ0) is 33.4. The minimum absolute atomic E-state index is 0.141. The zero-order valence-electron chi connectivity index (χ0n) is 27.9. The summed E-state index contributed by atoms with van der Waals surface area (Å²) in [4.78, 5) is 6.02. The molecule has 2 heteroatoms. The van der Waals surface area contributed by atoms with Crippen molar-refractivity contribution in [1.29, 1.82) is 0 Å². The predicted octanol–water partition coefficient (Wildman–Crippen LogP) is 11.9. The zero-order valence-corrected chi connectivity index (χ0v) is 29.5. The summed E-state index contributed by atoms with van der Waals surface area (Å²) in [6, 6.07) is 60.4. The van der Waals surface area contributed by atoms with Crippen LogP contribution in [0.5, 0.6) is 0 Å². The van der Waals surface area contributed by atoms with Gasteiger partial charge in [0.15, 0.2) is 0 Å². The molecule has 0 fully saturated rings. The molecule has 1 heterocycles. The average Bonchev–Trinajstić information content (AvgIpc) is 3.61. The summed E-state index contributed by atoms with van der Waals surface area (Å²) in [5.41, 5.74) is 14.5. The molecule has 7 aromatic rings. The highest BCUT2D eigenvalue weighted by Crippen LogP contribution is 2.59. The van der Waals surface area contributed by atoms with E-state index in [2.05, 4.69) is 200 Å². The molecule has 0 N–H and O–H groups in total. The van der Waals surface area contributed by atoms with Crippen LogP contribution in [-0.2, 0) is 16.2 Å². The van der Waals surface area contributed by atoms with Gasteiger partial charge in [0.1, 0.15) is 0 Å². The van der Waals surface area contributed by atoms with Gasteiger partial charge in [-0.1, -0.05) is 176 Å². The van der Waals surface area contributed by atoms with E-state index in [1.165, 1.54) is 61.2 Å². The van der Waals surface area contributed by atoms with Gasteiger partial charge in [-0.15, -0.1) is 0 Å². The van der Waals surface area contributed by atoms with Crippen LogP contribution in [0, 0.1) is 0 Å². The third-order valence-corrected chi connectivity index (χ3v) is 11.3. The first-order chi connectivity index (χ1) is 23.8. The van der Waals surface area contributed by atoms with Crippen LogP contribution in [0.2, 0.25) is 0 Å². The Labute approximate surface area is 297 Å². The van der Waals surface area contributed by atoms with E-state index in [4.69, 9.17) is 4.98 Å². The molecule has 1 nitrogen and oxygen atoms in total.